The maximum absolute atomic E-state index is 11.1. The molecule has 1 fully saturated rings. The fraction of sp³-hybridized carbons (Fsp3) is 0.600. The molecule has 2 rings (SSSR count). The Morgan fingerprint density at radius 2 is 2.26 bits per heavy atom. The number of aliphatic hydroxyl groups is 1. The summed E-state index contributed by atoms with van der Waals surface area (Å²) in [6.45, 7) is 1.98. The van der Waals surface area contributed by atoms with E-state index in [9.17, 15) is 5.11 Å². The van der Waals surface area contributed by atoms with E-state index in [4.69, 9.17) is 9.47 Å². The van der Waals surface area contributed by atoms with Crippen LogP contribution < -0.4 is 4.74 Å². The van der Waals surface area contributed by atoms with Crippen molar-refractivity contribution in [3.8, 4) is 5.75 Å². The lowest BCUT2D eigenvalue weighted by molar-refractivity contribution is -0.123. The van der Waals surface area contributed by atoms with Gasteiger partial charge in [0.2, 0.25) is 0 Å². The summed E-state index contributed by atoms with van der Waals surface area (Å²) >= 11 is 0. The second-order valence-corrected chi connectivity index (χ2v) is 5.44. The van der Waals surface area contributed by atoms with Crippen LogP contribution in [-0.2, 0) is 10.3 Å². The minimum Gasteiger partial charge on any atom is -0.497 e. The number of hydrogen-bond acceptors (Lipinski definition) is 4. The molecule has 1 heterocycles. The Balaban J connectivity index is 2.30. The van der Waals surface area contributed by atoms with Crippen LogP contribution in [0.25, 0.3) is 0 Å². The molecule has 0 aromatic heterocycles. The lowest BCUT2D eigenvalue weighted by Gasteiger charge is -2.41. The smallest absolute Gasteiger partial charge is 0.119 e. The first-order chi connectivity index (χ1) is 9.06. The Hall–Kier alpha value is -1.10. The first-order valence-electron chi connectivity index (χ1n) is 6.65. The van der Waals surface area contributed by atoms with Crippen molar-refractivity contribution < 1.29 is 14.6 Å². The molecular formula is C15H23NO3. The third-order valence-corrected chi connectivity index (χ3v) is 3.78. The Kier molecular flexibility index (Phi) is 4.45. The van der Waals surface area contributed by atoms with Gasteiger partial charge in [0.25, 0.3) is 0 Å². The summed E-state index contributed by atoms with van der Waals surface area (Å²) < 4.78 is 10.8. The van der Waals surface area contributed by atoms with Crippen LogP contribution in [0.5, 0.6) is 5.75 Å². The van der Waals surface area contributed by atoms with E-state index in [0.29, 0.717) is 19.6 Å². The lowest BCUT2D eigenvalue weighted by atomic mass is 9.77. The normalized spacial score (nSPS) is 27.5. The molecule has 0 spiro atoms. The van der Waals surface area contributed by atoms with Crippen LogP contribution in [0.15, 0.2) is 24.3 Å². The predicted molar refractivity (Wildman–Crippen MR) is 74.4 cm³/mol. The SMILES string of the molecule is COc1cccc([C@@]2(O)CCOC[C@@H]2CN(C)C)c1. The molecule has 1 aromatic rings. The van der Waals surface area contributed by atoms with Crippen LogP contribution in [0.4, 0.5) is 0 Å². The third kappa shape index (κ3) is 3.08. The summed E-state index contributed by atoms with van der Waals surface area (Å²) in [4.78, 5) is 2.09. The minimum absolute atomic E-state index is 0.0726. The third-order valence-electron chi connectivity index (χ3n) is 3.78. The van der Waals surface area contributed by atoms with Crippen molar-refractivity contribution in [3.63, 3.8) is 0 Å². The zero-order valence-electron chi connectivity index (χ0n) is 11.9. The zero-order valence-corrected chi connectivity index (χ0v) is 11.9. The van der Waals surface area contributed by atoms with Gasteiger partial charge in [0, 0.05) is 25.5 Å². The van der Waals surface area contributed by atoms with Crippen molar-refractivity contribution in [1.29, 1.82) is 0 Å². The maximum atomic E-state index is 11.1. The van der Waals surface area contributed by atoms with Crippen LogP contribution in [0.2, 0.25) is 0 Å². The first-order valence-corrected chi connectivity index (χ1v) is 6.65. The zero-order chi connectivity index (χ0) is 13.9. The molecule has 19 heavy (non-hydrogen) atoms. The molecule has 2 atom stereocenters. The van der Waals surface area contributed by atoms with Crippen molar-refractivity contribution in [3.05, 3.63) is 29.8 Å². The van der Waals surface area contributed by atoms with Crippen molar-refractivity contribution in [1.82, 2.24) is 4.90 Å². The molecule has 0 radical (unpaired) electrons. The molecule has 0 saturated carbocycles. The molecule has 106 valence electrons. The highest BCUT2D eigenvalue weighted by atomic mass is 16.5. The molecule has 1 aliphatic rings. The second kappa shape index (κ2) is 5.90. The van der Waals surface area contributed by atoms with E-state index in [0.717, 1.165) is 17.9 Å². The number of benzene rings is 1. The Morgan fingerprint density at radius 1 is 1.47 bits per heavy atom. The van der Waals surface area contributed by atoms with Crippen LogP contribution in [0.3, 0.4) is 0 Å². The number of nitrogens with zero attached hydrogens (tertiary/aromatic N) is 1. The maximum Gasteiger partial charge on any atom is 0.119 e. The number of ether oxygens (including phenoxy) is 2. The van der Waals surface area contributed by atoms with E-state index in [1.807, 2.05) is 38.4 Å². The largest absolute Gasteiger partial charge is 0.497 e. The van der Waals surface area contributed by atoms with Crippen LogP contribution in [-0.4, -0.2) is 51.0 Å². The summed E-state index contributed by atoms with van der Waals surface area (Å²) in [6, 6.07) is 7.71. The molecule has 1 N–H and O–H groups in total. The topological polar surface area (TPSA) is 41.9 Å². The lowest BCUT2D eigenvalue weighted by Crippen LogP contribution is -2.47. The van der Waals surface area contributed by atoms with Gasteiger partial charge in [0.15, 0.2) is 0 Å². The van der Waals surface area contributed by atoms with E-state index in [2.05, 4.69) is 4.90 Å². The molecule has 1 aromatic carbocycles. The standard InChI is InChI=1S/C15H23NO3/c1-16(2)10-13-11-19-8-7-15(13,17)12-5-4-6-14(9-12)18-3/h4-6,9,13,17H,7-8,10-11H2,1-3H3/t13-,15-/m0/s1. The molecule has 4 nitrogen and oxygen atoms in total. The average molecular weight is 265 g/mol. The predicted octanol–water partition coefficient (Wildman–Crippen LogP) is 1.48. The van der Waals surface area contributed by atoms with Crippen molar-refractivity contribution in [2.24, 2.45) is 5.92 Å². The van der Waals surface area contributed by atoms with Crippen molar-refractivity contribution >= 4 is 0 Å². The minimum atomic E-state index is -0.836. The monoisotopic (exact) mass is 265 g/mol. The molecule has 0 aliphatic carbocycles. The van der Waals surface area contributed by atoms with Gasteiger partial charge in [0.1, 0.15) is 5.75 Å². The highest BCUT2D eigenvalue weighted by Gasteiger charge is 2.41. The van der Waals surface area contributed by atoms with Gasteiger partial charge in [-0.15, -0.1) is 0 Å². The van der Waals surface area contributed by atoms with E-state index in [1.165, 1.54) is 0 Å². The Morgan fingerprint density at radius 3 is 2.95 bits per heavy atom. The molecular weight excluding hydrogens is 242 g/mol. The van der Waals surface area contributed by atoms with Crippen LogP contribution >= 0.6 is 0 Å². The van der Waals surface area contributed by atoms with E-state index >= 15 is 0 Å². The summed E-state index contributed by atoms with van der Waals surface area (Å²) in [7, 11) is 5.67. The molecule has 0 unspecified atom stereocenters. The molecule has 1 aliphatic heterocycles. The van der Waals surface area contributed by atoms with Crippen LogP contribution in [0.1, 0.15) is 12.0 Å². The Bertz CT molecular complexity index is 422. The first kappa shape index (κ1) is 14.3. The fourth-order valence-electron chi connectivity index (χ4n) is 2.71. The summed E-state index contributed by atoms with van der Waals surface area (Å²) in [6.07, 6.45) is 0.624. The van der Waals surface area contributed by atoms with Gasteiger partial charge in [-0.25, -0.2) is 0 Å². The Labute approximate surface area is 114 Å². The summed E-state index contributed by atoms with van der Waals surface area (Å²) in [5, 5.41) is 11.1. The van der Waals surface area contributed by atoms with Gasteiger partial charge in [-0.05, 0) is 31.8 Å². The molecule has 4 heteroatoms. The summed E-state index contributed by atoms with van der Waals surface area (Å²) in [5.41, 5.74) is 0.0823. The van der Waals surface area contributed by atoms with E-state index in [1.54, 1.807) is 7.11 Å². The number of hydrogen-bond donors (Lipinski definition) is 1. The molecule has 0 amide bonds. The number of methoxy groups -OCH3 is 1. The highest BCUT2D eigenvalue weighted by Crippen LogP contribution is 2.38. The number of rotatable bonds is 4. The summed E-state index contributed by atoms with van der Waals surface area (Å²) in [5.74, 6) is 0.851. The molecule has 0 bridgehead atoms. The molecule has 1 saturated heterocycles. The van der Waals surface area contributed by atoms with Gasteiger partial charge in [-0.2, -0.15) is 0 Å². The van der Waals surface area contributed by atoms with Crippen molar-refractivity contribution in [2.45, 2.75) is 12.0 Å². The fourth-order valence-corrected chi connectivity index (χ4v) is 2.71. The van der Waals surface area contributed by atoms with Gasteiger partial charge >= 0.3 is 0 Å². The van der Waals surface area contributed by atoms with E-state index < -0.39 is 5.60 Å². The van der Waals surface area contributed by atoms with Gasteiger partial charge < -0.3 is 19.5 Å². The van der Waals surface area contributed by atoms with Crippen LogP contribution in [0, 0.1) is 5.92 Å². The van der Waals surface area contributed by atoms with Gasteiger partial charge in [-0.1, -0.05) is 12.1 Å². The quantitative estimate of drug-likeness (QED) is 0.895. The van der Waals surface area contributed by atoms with E-state index in [-0.39, 0.29) is 5.92 Å². The van der Waals surface area contributed by atoms with Gasteiger partial charge in [0.05, 0.1) is 19.3 Å². The average Bonchev–Trinajstić information content (AvgIpc) is 2.41. The van der Waals surface area contributed by atoms with Crippen molar-refractivity contribution in [2.75, 3.05) is 41.0 Å². The second-order valence-electron chi connectivity index (χ2n) is 5.44. The highest BCUT2D eigenvalue weighted by molar-refractivity contribution is 5.33. The van der Waals surface area contributed by atoms with Gasteiger partial charge in [-0.3, -0.25) is 0 Å².